The molecule has 2 N–H and O–H groups in total. The smallest absolute Gasteiger partial charge is 0.308 e. The van der Waals surface area contributed by atoms with Gasteiger partial charge in [0.25, 0.3) is 5.91 Å². The van der Waals surface area contributed by atoms with Crippen molar-refractivity contribution in [1.82, 2.24) is 4.90 Å². The fraction of sp³-hybridized carbons (Fsp3) is 0.385. The van der Waals surface area contributed by atoms with Crippen LogP contribution in [0, 0.1) is 11.7 Å². The van der Waals surface area contributed by atoms with E-state index in [1.807, 2.05) is 0 Å². The second-order valence-corrected chi connectivity index (χ2v) is 4.59. The number of carbonyl (C=O) groups is 2. The van der Waals surface area contributed by atoms with Crippen LogP contribution < -0.4 is 0 Å². The standard InChI is InChI=1S/C13H14FNO4/c14-11-6-9(16)3-4-10(11)12(17)15-5-1-2-8(7-15)13(18)19/h3-4,6,8,16H,1-2,5,7H2,(H,18,19). The summed E-state index contributed by atoms with van der Waals surface area (Å²) in [6, 6.07) is 3.30. The first-order chi connectivity index (χ1) is 8.99. The molecule has 0 aliphatic carbocycles. The van der Waals surface area contributed by atoms with Crippen LogP contribution in [0.4, 0.5) is 4.39 Å². The third-order valence-corrected chi connectivity index (χ3v) is 3.24. The maximum absolute atomic E-state index is 13.6. The topological polar surface area (TPSA) is 77.8 Å². The van der Waals surface area contributed by atoms with Crippen molar-refractivity contribution in [2.45, 2.75) is 12.8 Å². The second-order valence-electron chi connectivity index (χ2n) is 4.59. The number of aromatic hydroxyl groups is 1. The van der Waals surface area contributed by atoms with Crippen molar-refractivity contribution in [3.05, 3.63) is 29.6 Å². The van der Waals surface area contributed by atoms with E-state index in [9.17, 15) is 14.0 Å². The third kappa shape index (κ3) is 2.83. The minimum absolute atomic E-state index is 0.0917. The fourth-order valence-electron chi connectivity index (χ4n) is 2.21. The molecule has 1 amide bonds. The lowest BCUT2D eigenvalue weighted by Crippen LogP contribution is -2.42. The zero-order chi connectivity index (χ0) is 14.0. The second kappa shape index (κ2) is 5.26. The third-order valence-electron chi connectivity index (χ3n) is 3.24. The summed E-state index contributed by atoms with van der Waals surface area (Å²) in [4.78, 5) is 24.4. The van der Waals surface area contributed by atoms with Gasteiger partial charge in [0.15, 0.2) is 0 Å². The number of aliphatic carboxylic acids is 1. The number of phenolic OH excluding ortho intramolecular Hbond substituents is 1. The highest BCUT2D eigenvalue weighted by atomic mass is 19.1. The van der Waals surface area contributed by atoms with Crippen LogP contribution in [0.1, 0.15) is 23.2 Å². The molecule has 1 aromatic rings. The van der Waals surface area contributed by atoms with Crippen LogP contribution in [0.2, 0.25) is 0 Å². The molecule has 2 rings (SSSR count). The summed E-state index contributed by atoms with van der Waals surface area (Å²) in [7, 11) is 0. The van der Waals surface area contributed by atoms with Gasteiger partial charge < -0.3 is 15.1 Å². The monoisotopic (exact) mass is 267 g/mol. The summed E-state index contributed by atoms with van der Waals surface area (Å²) in [5, 5.41) is 18.1. The highest BCUT2D eigenvalue weighted by Gasteiger charge is 2.29. The number of rotatable bonds is 2. The fourth-order valence-corrected chi connectivity index (χ4v) is 2.21. The molecule has 1 atom stereocenters. The predicted molar refractivity (Wildman–Crippen MR) is 64.3 cm³/mol. The molecule has 5 nitrogen and oxygen atoms in total. The van der Waals surface area contributed by atoms with E-state index in [4.69, 9.17) is 10.2 Å². The van der Waals surface area contributed by atoms with Gasteiger partial charge in [-0.05, 0) is 25.0 Å². The molecule has 0 bridgehead atoms. The van der Waals surface area contributed by atoms with Crippen molar-refractivity contribution in [1.29, 1.82) is 0 Å². The molecular weight excluding hydrogens is 253 g/mol. The quantitative estimate of drug-likeness (QED) is 0.850. The molecule has 0 spiro atoms. The van der Waals surface area contributed by atoms with E-state index in [-0.39, 0.29) is 17.9 Å². The number of amides is 1. The first kappa shape index (κ1) is 13.3. The molecule has 1 fully saturated rings. The summed E-state index contributed by atoms with van der Waals surface area (Å²) in [5.74, 6) is -3.14. The van der Waals surface area contributed by atoms with Crippen LogP contribution in [0.25, 0.3) is 0 Å². The average Bonchev–Trinajstić information content (AvgIpc) is 2.38. The van der Waals surface area contributed by atoms with E-state index in [1.165, 1.54) is 17.0 Å². The summed E-state index contributed by atoms with van der Waals surface area (Å²) >= 11 is 0. The summed E-state index contributed by atoms with van der Waals surface area (Å²) in [5.41, 5.74) is -0.149. The largest absolute Gasteiger partial charge is 0.508 e. The summed E-state index contributed by atoms with van der Waals surface area (Å²) in [6.07, 6.45) is 1.11. The number of likely N-dealkylation sites (tertiary alicyclic amines) is 1. The van der Waals surface area contributed by atoms with E-state index < -0.39 is 23.6 Å². The number of nitrogens with zero attached hydrogens (tertiary/aromatic N) is 1. The highest BCUT2D eigenvalue weighted by molar-refractivity contribution is 5.95. The van der Waals surface area contributed by atoms with Crippen LogP contribution in [0.3, 0.4) is 0 Å². The minimum Gasteiger partial charge on any atom is -0.508 e. The highest BCUT2D eigenvalue weighted by Crippen LogP contribution is 2.21. The molecule has 0 radical (unpaired) electrons. The Balaban J connectivity index is 2.17. The lowest BCUT2D eigenvalue weighted by atomic mass is 9.97. The van der Waals surface area contributed by atoms with Crippen molar-refractivity contribution < 1.29 is 24.2 Å². The maximum atomic E-state index is 13.6. The SMILES string of the molecule is O=C(O)C1CCCN(C(=O)c2ccc(O)cc2F)C1. The number of benzene rings is 1. The van der Waals surface area contributed by atoms with Crippen molar-refractivity contribution in [3.8, 4) is 5.75 Å². The van der Waals surface area contributed by atoms with Crippen LogP contribution in [0.15, 0.2) is 18.2 Å². The molecule has 0 aromatic heterocycles. The predicted octanol–water partition coefficient (Wildman–Crippen LogP) is 1.47. The maximum Gasteiger partial charge on any atom is 0.308 e. The van der Waals surface area contributed by atoms with Crippen molar-refractivity contribution in [2.24, 2.45) is 5.92 Å². The van der Waals surface area contributed by atoms with E-state index >= 15 is 0 Å². The number of carbonyl (C=O) groups excluding carboxylic acids is 1. The normalized spacial score (nSPS) is 19.2. The van der Waals surface area contributed by atoms with E-state index in [0.29, 0.717) is 19.4 Å². The molecule has 1 saturated heterocycles. The van der Waals surface area contributed by atoms with Gasteiger partial charge in [-0.2, -0.15) is 0 Å². The zero-order valence-electron chi connectivity index (χ0n) is 10.2. The molecule has 102 valence electrons. The Morgan fingerprint density at radius 3 is 2.74 bits per heavy atom. The van der Waals surface area contributed by atoms with Crippen molar-refractivity contribution in [2.75, 3.05) is 13.1 Å². The Hall–Kier alpha value is -2.11. The number of carboxylic acid groups (broad SMARTS) is 1. The number of halogens is 1. The Labute approximate surface area is 109 Å². The minimum atomic E-state index is -0.941. The molecule has 1 aliphatic heterocycles. The van der Waals surface area contributed by atoms with Gasteiger partial charge in [0.05, 0.1) is 11.5 Å². The van der Waals surface area contributed by atoms with Gasteiger partial charge in [-0.25, -0.2) is 4.39 Å². The number of hydrogen-bond donors (Lipinski definition) is 2. The molecule has 19 heavy (non-hydrogen) atoms. The Morgan fingerprint density at radius 1 is 1.37 bits per heavy atom. The Kier molecular flexibility index (Phi) is 3.69. The first-order valence-corrected chi connectivity index (χ1v) is 5.99. The Morgan fingerprint density at radius 2 is 2.11 bits per heavy atom. The van der Waals surface area contributed by atoms with Gasteiger partial charge in [-0.15, -0.1) is 0 Å². The molecule has 6 heteroatoms. The zero-order valence-corrected chi connectivity index (χ0v) is 10.2. The van der Waals surface area contributed by atoms with Gasteiger partial charge >= 0.3 is 5.97 Å². The average molecular weight is 267 g/mol. The van der Waals surface area contributed by atoms with Crippen LogP contribution in [-0.4, -0.2) is 40.1 Å². The molecule has 1 aliphatic rings. The van der Waals surface area contributed by atoms with Crippen molar-refractivity contribution in [3.63, 3.8) is 0 Å². The van der Waals surface area contributed by atoms with Gasteiger partial charge in [0.1, 0.15) is 11.6 Å². The molecule has 0 saturated carbocycles. The van der Waals surface area contributed by atoms with Gasteiger partial charge in [-0.1, -0.05) is 0 Å². The molecule has 1 unspecified atom stereocenters. The van der Waals surface area contributed by atoms with Crippen LogP contribution >= 0.6 is 0 Å². The number of piperidine rings is 1. The van der Waals surface area contributed by atoms with E-state index in [2.05, 4.69) is 0 Å². The lowest BCUT2D eigenvalue weighted by molar-refractivity contribution is -0.143. The van der Waals surface area contributed by atoms with E-state index in [1.54, 1.807) is 0 Å². The van der Waals surface area contributed by atoms with Gasteiger partial charge in [0, 0.05) is 19.2 Å². The molecule has 1 heterocycles. The number of hydrogen-bond acceptors (Lipinski definition) is 3. The van der Waals surface area contributed by atoms with E-state index in [0.717, 1.165) is 6.07 Å². The Bertz CT molecular complexity index is 517. The van der Waals surface area contributed by atoms with Gasteiger partial charge in [0.2, 0.25) is 0 Å². The molecular formula is C13H14FNO4. The van der Waals surface area contributed by atoms with Crippen molar-refractivity contribution >= 4 is 11.9 Å². The summed E-state index contributed by atoms with van der Waals surface area (Å²) < 4.78 is 13.6. The lowest BCUT2D eigenvalue weighted by Gasteiger charge is -2.30. The number of carboxylic acids is 1. The number of phenols is 1. The first-order valence-electron chi connectivity index (χ1n) is 5.99. The summed E-state index contributed by atoms with van der Waals surface area (Å²) in [6.45, 7) is 0.511. The molecule has 1 aromatic carbocycles. The van der Waals surface area contributed by atoms with Gasteiger partial charge in [-0.3, -0.25) is 9.59 Å². The van der Waals surface area contributed by atoms with Crippen LogP contribution in [-0.2, 0) is 4.79 Å². The van der Waals surface area contributed by atoms with Crippen LogP contribution in [0.5, 0.6) is 5.75 Å².